The molecule has 0 atom stereocenters. The Balaban J connectivity index is 1.94. The van der Waals surface area contributed by atoms with Gasteiger partial charge in [-0.05, 0) is 25.5 Å². The number of pyridine rings is 1. The molecule has 6 nitrogen and oxygen atoms in total. The summed E-state index contributed by atoms with van der Waals surface area (Å²) in [6.07, 6.45) is 0.757. The Morgan fingerprint density at radius 2 is 2.08 bits per heavy atom. The van der Waals surface area contributed by atoms with Gasteiger partial charge in [-0.2, -0.15) is 0 Å². The lowest BCUT2D eigenvalue weighted by Gasteiger charge is -2.07. The molecule has 0 saturated carbocycles. The number of rotatable bonds is 6. The summed E-state index contributed by atoms with van der Waals surface area (Å²) in [6.45, 7) is 3.77. The number of H-pyrrole nitrogens is 1. The molecular weight excluding hydrogens is 306 g/mol. The van der Waals surface area contributed by atoms with Gasteiger partial charge >= 0.3 is 0 Å². The van der Waals surface area contributed by atoms with E-state index < -0.39 is 0 Å². The molecule has 0 aliphatic heterocycles. The summed E-state index contributed by atoms with van der Waals surface area (Å²) < 4.78 is 7.04. The van der Waals surface area contributed by atoms with E-state index in [4.69, 9.17) is 4.74 Å². The third kappa shape index (κ3) is 2.92. The van der Waals surface area contributed by atoms with Crippen LogP contribution in [0.5, 0.6) is 0 Å². The standard InChI is InChI=1S/C18H21N3O3/c1-3-24-10-6-9-19-18(23)15-11-13-16(21(15)2)12-7-4-5-8-14(12)20-17(13)22/h4-5,7-8,11H,3,6,9-10H2,1-2H3,(H,19,23)(H,20,22). The van der Waals surface area contributed by atoms with Crippen molar-refractivity contribution in [3.63, 3.8) is 0 Å². The van der Waals surface area contributed by atoms with Crippen LogP contribution in [0, 0.1) is 0 Å². The van der Waals surface area contributed by atoms with Gasteiger partial charge in [-0.15, -0.1) is 0 Å². The molecule has 0 unspecified atom stereocenters. The molecule has 3 rings (SSSR count). The molecule has 126 valence electrons. The van der Waals surface area contributed by atoms with E-state index in [0.29, 0.717) is 30.8 Å². The Bertz CT molecular complexity index is 940. The Kier molecular flexibility index (Phi) is 4.66. The van der Waals surface area contributed by atoms with Gasteiger partial charge in [-0.3, -0.25) is 9.59 Å². The van der Waals surface area contributed by atoms with Crippen molar-refractivity contribution in [3.8, 4) is 0 Å². The van der Waals surface area contributed by atoms with E-state index >= 15 is 0 Å². The van der Waals surface area contributed by atoms with Gasteiger partial charge in [-0.1, -0.05) is 18.2 Å². The van der Waals surface area contributed by atoms with Gasteiger partial charge < -0.3 is 19.6 Å². The molecule has 1 aromatic carbocycles. The highest BCUT2D eigenvalue weighted by Crippen LogP contribution is 2.23. The Morgan fingerprint density at radius 1 is 1.29 bits per heavy atom. The lowest BCUT2D eigenvalue weighted by molar-refractivity contribution is 0.0936. The van der Waals surface area contributed by atoms with Crippen molar-refractivity contribution in [1.82, 2.24) is 14.9 Å². The maximum atomic E-state index is 12.4. The van der Waals surface area contributed by atoms with Crippen molar-refractivity contribution in [2.75, 3.05) is 19.8 Å². The molecule has 0 spiro atoms. The number of carbonyl (C=O) groups excluding carboxylic acids is 1. The number of aromatic nitrogens is 2. The molecule has 24 heavy (non-hydrogen) atoms. The van der Waals surface area contributed by atoms with Crippen molar-refractivity contribution in [1.29, 1.82) is 0 Å². The second-order valence-electron chi connectivity index (χ2n) is 5.66. The first-order valence-electron chi connectivity index (χ1n) is 8.10. The Hall–Kier alpha value is -2.60. The summed E-state index contributed by atoms with van der Waals surface area (Å²) in [7, 11) is 1.81. The highest BCUT2D eigenvalue weighted by molar-refractivity contribution is 6.07. The smallest absolute Gasteiger partial charge is 0.267 e. The molecule has 0 bridgehead atoms. The number of nitrogens with one attached hydrogen (secondary N) is 2. The maximum absolute atomic E-state index is 12.4. The van der Waals surface area contributed by atoms with Gasteiger partial charge in [0.25, 0.3) is 11.5 Å². The molecule has 1 amide bonds. The van der Waals surface area contributed by atoms with Gasteiger partial charge in [0.1, 0.15) is 5.69 Å². The number of aryl methyl sites for hydroxylation is 1. The molecule has 0 fully saturated rings. The molecule has 0 radical (unpaired) electrons. The van der Waals surface area contributed by atoms with Crippen LogP contribution in [-0.4, -0.2) is 35.2 Å². The number of hydrogen-bond acceptors (Lipinski definition) is 3. The van der Waals surface area contributed by atoms with Gasteiger partial charge in [0.05, 0.1) is 16.4 Å². The first-order chi connectivity index (χ1) is 11.6. The normalized spacial score (nSPS) is 11.2. The Morgan fingerprint density at radius 3 is 2.88 bits per heavy atom. The number of hydrogen-bond donors (Lipinski definition) is 2. The fourth-order valence-electron chi connectivity index (χ4n) is 2.92. The topological polar surface area (TPSA) is 76.1 Å². The lowest BCUT2D eigenvalue weighted by Crippen LogP contribution is -2.27. The van der Waals surface area contributed by atoms with E-state index in [1.807, 2.05) is 38.2 Å². The van der Waals surface area contributed by atoms with E-state index in [2.05, 4.69) is 10.3 Å². The van der Waals surface area contributed by atoms with Crippen LogP contribution >= 0.6 is 0 Å². The second-order valence-corrected chi connectivity index (χ2v) is 5.66. The van der Waals surface area contributed by atoms with E-state index in [-0.39, 0.29) is 11.5 Å². The Labute approximate surface area is 139 Å². The van der Waals surface area contributed by atoms with Crippen LogP contribution in [0.15, 0.2) is 35.1 Å². The molecule has 3 aromatic rings. The molecule has 6 heteroatoms. The van der Waals surface area contributed by atoms with Crippen LogP contribution in [0.25, 0.3) is 21.8 Å². The molecule has 0 aliphatic rings. The summed E-state index contributed by atoms with van der Waals surface area (Å²) in [5.74, 6) is -0.186. The zero-order chi connectivity index (χ0) is 17.1. The third-order valence-corrected chi connectivity index (χ3v) is 4.10. The quantitative estimate of drug-likeness (QED) is 0.681. The van der Waals surface area contributed by atoms with Gasteiger partial charge in [0.2, 0.25) is 0 Å². The molecule has 2 N–H and O–H groups in total. The highest BCUT2D eigenvalue weighted by atomic mass is 16.5. The minimum atomic E-state index is -0.186. The van der Waals surface area contributed by atoms with Gasteiger partial charge in [0, 0.05) is 32.2 Å². The SMILES string of the molecule is CCOCCCNC(=O)c1cc2c(=O)[nH]c3ccccc3c2n1C. The second kappa shape index (κ2) is 6.88. The fraction of sp³-hybridized carbons (Fsp3) is 0.333. The van der Waals surface area contributed by atoms with E-state index in [1.54, 1.807) is 10.6 Å². The average Bonchev–Trinajstić information content (AvgIpc) is 2.93. The molecule has 2 aromatic heterocycles. The zero-order valence-corrected chi connectivity index (χ0v) is 13.9. The minimum Gasteiger partial charge on any atom is -0.382 e. The van der Waals surface area contributed by atoms with Crippen molar-refractivity contribution < 1.29 is 9.53 Å². The van der Waals surface area contributed by atoms with Gasteiger partial charge in [0.15, 0.2) is 0 Å². The number of ether oxygens (including phenoxy) is 1. The highest BCUT2D eigenvalue weighted by Gasteiger charge is 2.17. The number of aromatic amines is 1. The maximum Gasteiger partial charge on any atom is 0.267 e. The zero-order valence-electron chi connectivity index (χ0n) is 13.9. The van der Waals surface area contributed by atoms with Crippen LogP contribution in [0.4, 0.5) is 0 Å². The fourth-order valence-corrected chi connectivity index (χ4v) is 2.92. The van der Waals surface area contributed by atoms with Crippen molar-refractivity contribution in [2.24, 2.45) is 7.05 Å². The lowest BCUT2D eigenvalue weighted by atomic mass is 10.1. The number of carbonyl (C=O) groups is 1. The van der Waals surface area contributed by atoms with Crippen LogP contribution in [-0.2, 0) is 11.8 Å². The predicted octanol–water partition coefficient (Wildman–Crippen LogP) is 2.18. The number of nitrogens with zero attached hydrogens (tertiary/aromatic N) is 1. The minimum absolute atomic E-state index is 0.185. The number of amides is 1. The summed E-state index contributed by atoms with van der Waals surface area (Å²) in [5, 5.41) is 4.32. The van der Waals surface area contributed by atoms with Crippen molar-refractivity contribution >= 4 is 27.7 Å². The summed E-state index contributed by atoms with van der Waals surface area (Å²) >= 11 is 0. The van der Waals surface area contributed by atoms with Crippen molar-refractivity contribution in [3.05, 3.63) is 46.4 Å². The van der Waals surface area contributed by atoms with E-state index in [9.17, 15) is 9.59 Å². The molecule has 2 heterocycles. The van der Waals surface area contributed by atoms with Crippen molar-refractivity contribution in [2.45, 2.75) is 13.3 Å². The number of benzene rings is 1. The van der Waals surface area contributed by atoms with Crippen LogP contribution in [0.3, 0.4) is 0 Å². The average molecular weight is 327 g/mol. The van der Waals surface area contributed by atoms with E-state index in [1.165, 1.54) is 0 Å². The van der Waals surface area contributed by atoms with Crippen LogP contribution < -0.4 is 10.9 Å². The first kappa shape index (κ1) is 16.3. The van der Waals surface area contributed by atoms with Crippen LogP contribution in [0.2, 0.25) is 0 Å². The summed E-state index contributed by atoms with van der Waals surface area (Å²) in [6, 6.07) is 9.24. The third-order valence-electron chi connectivity index (χ3n) is 4.10. The monoisotopic (exact) mass is 327 g/mol. The van der Waals surface area contributed by atoms with Gasteiger partial charge in [-0.25, -0.2) is 0 Å². The number of fused-ring (bicyclic) bond motifs is 3. The van der Waals surface area contributed by atoms with Crippen LogP contribution in [0.1, 0.15) is 23.8 Å². The molecule has 0 saturated heterocycles. The first-order valence-corrected chi connectivity index (χ1v) is 8.10. The number of para-hydroxylation sites is 1. The summed E-state index contributed by atoms with van der Waals surface area (Å²) in [5.41, 5.74) is 1.83. The molecule has 0 aliphatic carbocycles. The largest absolute Gasteiger partial charge is 0.382 e. The van der Waals surface area contributed by atoms with E-state index in [0.717, 1.165) is 22.8 Å². The summed E-state index contributed by atoms with van der Waals surface area (Å²) in [4.78, 5) is 27.6. The molecular formula is C18H21N3O3. The predicted molar refractivity (Wildman–Crippen MR) is 94.5 cm³/mol.